The van der Waals surface area contributed by atoms with E-state index in [4.69, 9.17) is 0 Å². The maximum absolute atomic E-state index is 11.8. The van der Waals surface area contributed by atoms with Crippen LogP contribution in [0.4, 0.5) is 0 Å². The smallest absolute Gasteiger partial charge is 0.255 e. The Morgan fingerprint density at radius 3 is 2.95 bits per heavy atom. The normalized spacial score (nSPS) is 19.1. The Morgan fingerprint density at radius 1 is 1.37 bits per heavy atom. The molecule has 0 spiro atoms. The minimum absolute atomic E-state index is 0.00467. The molecule has 19 heavy (non-hydrogen) atoms. The quantitative estimate of drug-likeness (QED) is 0.889. The Kier molecular flexibility index (Phi) is 3.17. The number of rotatable bonds is 2. The first-order valence-electron chi connectivity index (χ1n) is 6.57. The zero-order valence-electron chi connectivity index (χ0n) is 11.0. The fourth-order valence-corrected chi connectivity index (χ4v) is 2.60. The van der Waals surface area contributed by atoms with Crippen molar-refractivity contribution in [3.05, 3.63) is 63.8 Å². The second-order valence-electron chi connectivity index (χ2n) is 5.10. The summed E-state index contributed by atoms with van der Waals surface area (Å²) >= 11 is 0. The maximum Gasteiger partial charge on any atom is 0.255 e. The van der Waals surface area contributed by atoms with E-state index in [2.05, 4.69) is 33.9 Å². The van der Waals surface area contributed by atoms with Crippen molar-refractivity contribution in [1.29, 1.82) is 0 Å². The van der Waals surface area contributed by atoms with Crippen LogP contribution < -0.4 is 5.56 Å². The molecule has 4 nitrogen and oxygen atoms in total. The molecule has 1 aromatic heterocycles. The van der Waals surface area contributed by atoms with Crippen LogP contribution in [0.5, 0.6) is 0 Å². The van der Waals surface area contributed by atoms with Gasteiger partial charge in [-0.25, -0.2) is 4.98 Å². The van der Waals surface area contributed by atoms with Gasteiger partial charge in [0.05, 0.1) is 17.6 Å². The Labute approximate surface area is 112 Å². The Hall–Kier alpha value is -1.94. The average Bonchev–Trinajstić information content (AvgIpc) is 2.42. The fourth-order valence-electron chi connectivity index (χ4n) is 2.60. The van der Waals surface area contributed by atoms with Gasteiger partial charge in [-0.3, -0.25) is 9.69 Å². The highest BCUT2D eigenvalue weighted by Gasteiger charge is 2.25. The van der Waals surface area contributed by atoms with Crippen molar-refractivity contribution in [2.24, 2.45) is 0 Å². The molecule has 0 saturated heterocycles. The van der Waals surface area contributed by atoms with Gasteiger partial charge in [0, 0.05) is 25.6 Å². The lowest BCUT2D eigenvalue weighted by molar-refractivity contribution is 0.172. The number of fused-ring (bicyclic) bond motifs is 1. The van der Waals surface area contributed by atoms with Crippen molar-refractivity contribution in [1.82, 2.24) is 14.9 Å². The molecule has 1 N–H and O–H groups in total. The van der Waals surface area contributed by atoms with E-state index in [-0.39, 0.29) is 5.56 Å². The molecule has 1 aromatic carbocycles. The summed E-state index contributed by atoms with van der Waals surface area (Å²) in [5, 5.41) is 0. The number of benzene rings is 1. The monoisotopic (exact) mass is 255 g/mol. The Morgan fingerprint density at radius 2 is 2.16 bits per heavy atom. The van der Waals surface area contributed by atoms with Crippen molar-refractivity contribution in [2.75, 3.05) is 0 Å². The van der Waals surface area contributed by atoms with E-state index in [1.165, 1.54) is 11.9 Å². The molecule has 0 radical (unpaired) electrons. The van der Waals surface area contributed by atoms with E-state index in [0.717, 1.165) is 24.2 Å². The first kappa shape index (κ1) is 12.1. The summed E-state index contributed by atoms with van der Waals surface area (Å²) in [7, 11) is 0. The van der Waals surface area contributed by atoms with E-state index in [0.29, 0.717) is 12.6 Å². The molecule has 2 heterocycles. The molecule has 98 valence electrons. The van der Waals surface area contributed by atoms with Crippen LogP contribution in [-0.4, -0.2) is 20.9 Å². The molecule has 4 heteroatoms. The summed E-state index contributed by atoms with van der Waals surface area (Å²) in [6, 6.07) is 10.8. The molecule has 3 rings (SSSR count). The van der Waals surface area contributed by atoms with Crippen LogP contribution >= 0.6 is 0 Å². The summed E-state index contributed by atoms with van der Waals surface area (Å²) < 4.78 is 0. The van der Waals surface area contributed by atoms with Crippen LogP contribution in [-0.2, 0) is 19.5 Å². The second kappa shape index (κ2) is 4.97. The minimum atomic E-state index is -0.00467. The molecule has 1 atom stereocenters. The lowest BCUT2D eigenvalue weighted by atomic mass is 10.00. The second-order valence-corrected chi connectivity index (χ2v) is 5.10. The Balaban J connectivity index is 1.85. The van der Waals surface area contributed by atoms with Gasteiger partial charge in [-0.15, -0.1) is 0 Å². The van der Waals surface area contributed by atoms with Gasteiger partial charge in [-0.1, -0.05) is 30.3 Å². The van der Waals surface area contributed by atoms with E-state index >= 15 is 0 Å². The molecule has 2 aromatic rings. The van der Waals surface area contributed by atoms with Gasteiger partial charge < -0.3 is 4.98 Å². The number of aromatic nitrogens is 2. The first-order chi connectivity index (χ1) is 9.24. The van der Waals surface area contributed by atoms with Crippen LogP contribution in [0.1, 0.15) is 23.7 Å². The Bertz CT molecular complexity index is 621. The first-order valence-corrected chi connectivity index (χ1v) is 6.57. The predicted molar refractivity (Wildman–Crippen MR) is 73.7 cm³/mol. The number of hydrogen-bond donors (Lipinski definition) is 1. The van der Waals surface area contributed by atoms with Crippen molar-refractivity contribution in [3.8, 4) is 0 Å². The SMILES string of the molecule is CC1Cc2nc[nH]c(=O)c2CN1Cc1ccccc1. The van der Waals surface area contributed by atoms with Gasteiger partial charge >= 0.3 is 0 Å². The summed E-state index contributed by atoms with van der Waals surface area (Å²) in [5.41, 5.74) is 3.03. The molecule has 1 unspecified atom stereocenters. The van der Waals surface area contributed by atoms with E-state index in [9.17, 15) is 4.79 Å². The highest BCUT2D eigenvalue weighted by molar-refractivity contribution is 5.21. The fraction of sp³-hybridized carbons (Fsp3) is 0.333. The van der Waals surface area contributed by atoms with Crippen molar-refractivity contribution >= 4 is 0 Å². The third-order valence-electron chi connectivity index (χ3n) is 3.74. The zero-order valence-corrected chi connectivity index (χ0v) is 11.0. The van der Waals surface area contributed by atoms with Crippen LogP contribution in [0.25, 0.3) is 0 Å². The number of nitrogens with zero attached hydrogens (tertiary/aromatic N) is 2. The summed E-state index contributed by atoms with van der Waals surface area (Å²) in [4.78, 5) is 21.1. The molecule has 0 fully saturated rings. The number of H-pyrrole nitrogens is 1. The van der Waals surface area contributed by atoms with Crippen LogP contribution in [0, 0.1) is 0 Å². The van der Waals surface area contributed by atoms with Crippen LogP contribution in [0.2, 0.25) is 0 Å². The summed E-state index contributed by atoms with van der Waals surface area (Å²) in [6.45, 7) is 3.74. The highest BCUT2D eigenvalue weighted by atomic mass is 16.1. The number of hydrogen-bond acceptors (Lipinski definition) is 3. The molecular weight excluding hydrogens is 238 g/mol. The molecule has 0 amide bonds. The number of nitrogens with one attached hydrogen (secondary N) is 1. The topological polar surface area (TPSA) is 49.0 Å². The third-order valence-corrected chi connectivity index (χ3v) is 3.74. The lowest BCUT2D eigenvalue weighted by Gasteiger charge is -2.33. The van der Waals surface area contributed by atoms with Crippen LogP contribution in [0.3, 0.4) is 0 Å². The minimum Gasteiger partial charge on any atom is -0.313 e. The van der Waals surface area contributed by atoms with Crippen molar-refractivity contribution in [3.63, 3.8) is 0 Å². The largest absolute Gasteiger partial charge is 0.313 e. The standard InChI is InChI=1S/C15H17N3O/c1-11-7-14-13(15(19)17-10-16-14)9-18(11)8-12-5-3-2-4-6-12/h2-6,10-11H,7-9H2,1H3,(H,16,17,19). The highest BCUT2D eigenvalue weighted by Crippen LogP contribution is 2.20. The van der Waals surface area contributed by atoms with Crippen LogP contribution in [0.15, 0.2) is 41.5 Å². The van der Waals surface area contributed by atoms with Gasteiger partial charge in [-0.05, 0) is 12.5 Å². The van der Waals surface area contributed by atoms with E-state index in [1.54, 1.807) is 0 Å². The van der Waals surface area contributed by atoms with Gasteiger partial charge in [-0.2, -0.15) is 0 Å². The molecular formula is C15H17N3O. The molecule has 0 saturated carbocycles. The van der Waals surface area contributed by atoms with Crippen molar-refractivity contribution < 1.29 is 0 Å². The third kappa shape index (κ3) is 2.44. The molecule has 1 aliphatic heterocycles. The lowest BCUT2D eigenvalue weighted by Crippen LogP contribution is -2.41. The van der Waals surface area contributed by atoms with Gasteiger partial charge in [0.25, 0.3) is 5.56 Å². The van der Waals surface area contributed by atoms with Gasteiger partial charge in [0.1, 0.15) is 0 Å². The van der Waals surface area contributed by atoms with Gasteiger partial charge in [0.15, 0.2) is 0 Å². The molecule has 0 bridgehead atoms. The zero-order chi connectivity index (χ0) is 13.2. The molecule has 0 aliphatic carbocycles. The summed E-state index contributed by atoms with van der Waals surface area (Å²) in [6.07, 6.45) is 2.34. The van der Waals surface area contributed by atoms with E-state index in [1.807, 2.05) is 18.2 Å². The maximum atomic E-state index is 11.8. The number of aromatic amines is 1. The predicted octanol–water partition coefficient (Wildman–Crippen LogP) is 1.72. The van der Waals surface area contributed by atoms with Gasteiger partial charge in [0.2, 0.25) is 0 Å². The molecule has 1 aliphatic rings. The summed E-state index contributed by atoms with van der Waals surface area (Å²) in [5.74, 6) is 0. The van der Waals surface area contributed by atoms with E-state index < -0.39 is 0 Å². The average molecular weight is 255 g/mol. The van der Waals surface area contributed by atoms with Crippen molar-refractivity contribution in [2.45, 2.75) is 32.5 Å².